The van der Waals surface area contributed by atoms with Crippen LogP contribution in [0.2, 0.25) is 0 Å². The predicted octanol–water partition coefficient (Wildman–Crippen LogP) is 4.20. The van der Waals surface area contributed by atoms with E-state index in [-0.39, 0.29) is 5.82 Å². The van der Waals surface area contributed by atoms with Crippen molar-refractivity contribution >= 4 is 10.9 Å². The number of methoxy groups -OCH3 is 1. The summed E-state index contributed by atoms with van der Waals surface area (Å²) in [5.74, 6) is 0.199. The second-order valence-electron chi connectivity index (χ2n) is 4.94. The Hall–Kier alpha value is -2.16. The summed E-state index contributed by atoms with van der Waals surface area (Å²) in [6, 6.07) is 6.98. The van der Waals surface area contributed by atoms with Crippen LogP contribution < -0.4 is 4.74 Å². The second kappa shape index (κ2) is 5.45. The Morgan fingerprint density at radius 2 is 2.25 bits per heavy atom. The lowest BCUT2D eigenvalue weighted by Crippen LogP contribution is -2.00. The SMILES string of the molecule is COc1nc2c(F)cccc2cc1CC1=CC=CCC1. The van der Waals surface area contributed by atoms with Crippen LogP contribution in [0.15, 0.2) is 48.1 Å². The molecule has 0 radical (unpaired) electrons. The fourth-order valence-electron chi connectivity index (χ4n) is 2.54. The largest absolute Gasteiger partial charge is 0.481 e. The molecule has 0 N–H and O–H groups in total. The predicted molar refractivity (Wildman–Crippen MR) is 78.4 cm³/mol. The zero-order chi connectivity index (χ0) is 13.9. The number of hydrogen-bond donors (Lipinski definition) is 0. The third-order valence-electron chi connectivity index (χ3n) is 3.55. The van der Waals surface area contributed by atoms with Gasteiger partial charge in [-0.25, -0.2) is 9.37 Å². The maximum absolute atomic E-state index is 13.8. The molecule has 1 aliphatic rings. The Morgan fingerprint density at radius 3 is 3.00 bits per heavy atom. The Labute approximate surface area is 117 Å². The molecule has 1 heterocycles. The van der Waals surface area contributed by atoms with Crippen LogP contribution in [0.3, 0.4) is 0 Å². The van der Waals surface area contributed by atoms with E-state index in [1.54, 1.807) is 13.2 Å². The van der Waals surface area contributed by atoms with Gasteiger partial charge in [0.25, 0.3) is 0 Å². The highest BCUT2D eigenvalue weighted by molar-refractivity contribution is 5.80. The third-order valence-corrected chi connectivity index (χ3v) is 3.55. The van der Waals surface area contributed by atoms with Crippen molar-refractivity contribution in [2.24, 2.45) is 0 Å². The Morgan fingerprint density at radius 1 is 1.35 bits per heavy atom. The first kappa shape index (κ1) is 12.9. The monoisotopic (exact) mass is 269 g/mol. The molecule has 1 aromatic carbocycles. The molecule has 3 rings (SSSR count). The minimum Gasteiger partial charge on any atom is -0.481 e. The summed E-state index contributed by atoms with van der Waals surface area (Å²) in [7, 11) is 1.58. The molecule has 2 nitrogen and oxygen atoms in total. The lowest BCUT2D eigenvalue weighted by Gasteiger charge is -2.13. The topological polar surface area (TPSA) is 22.1 Å². The van der Waals surface area contributed by atoms with E-state index in [0.717, 1.165) is 30.2 Å². The van der Waals surface area contributed by atoms with Crippen molar-refractivity contribution in [2.75, 3.05) is 7.11 Å². The maximum atomic E-state index is 13.8. The highest BCUT2D eigenvalue weighted by Gasteiger charge is 2.12. The summed E-state index contributed by atoms with van der Waals surface area (Å²) in [5, 5.41) is 0.813. The van der Waals surface area contributed by atoms with Crippen LogP contribution in [0.25, 0.3) is 10.9 Å². The molecule has 20 heavy (non-hydrogen) atoms. The van der Waals surface area contributed by atoms with E-state index >= 15 is 0 Å². The molecule has 0 saturated carbocycles. The summed E-state index contributed by atoms with van der Waals surface area (Å²) in [6.07, 6.45) is 9.31. The molecule has 0 spiro atoms. The highest BCUT2D eigenvalue weighted by atomic mass is 19.1. The van der Waals surface area contributed by atoms with Gasteiger partial charge in [-0.2, -0.15) is 0 Å². The molecule has 1 aromatic heterocycles. The van der Waals surface area contributed by atoms with Crippen molar-refractivity contribution in [3.8, 4) is 5.88 Å². The minimum absolute atomic E-state index is 0.313. The van der Waals surface area contributed by atoms with E-state index in [1.807, 2.05) is 12.1 Å². The number of pyridine rings is 1. The van der Waals surface area contributed by atoms with Crippen molar-refractivity contribution in [3.05, 3.63) is 59.4 Å². The van der Waals surface area contributed by atoms with Crippen molar-refractivity contribution < 1.29 is 9.13 Å². The van der Waals surface area contributed by atoms with Crippen LogP contribution in [0, 0.1) is 5.82 Å². The number of aromatic nitrogens is 1. The number of halogens is 1. The number of allylic oxidation sites excluding steroid dienone is 4. The maximum Gasteiger partial charge on any atom is 0.217 e. The van der Waals surface area contributed by atoms with Crippen LogP contribution in [0.1, 0.15) is 18.4 Å². The molecular formula is C17H16FNO. The molecule has 0 atom stereocenters. The molecular weight excluding hydrogens is 253 g/mol. The van der Waals surface area contributed by atoms with Gasteiger partial charge in [0.2, 0.25) is 5.88 Å². The summed E-state index contributed by atoms with van der Waals surface area (Å²) in [5.41, 5.74) is 2.72. The Balaban J connectivity index is 2.05. The van der Waals surface area contributed by atoms with Crippen LogP contribution in [-0.2, 0) is 6.42 Å². The fourth-order valence-corrected chi connectivity index (χ4v) is 2.54. The average Bonchev–Trinajstić information content (AvgIpc) is 2.48. The van der Waals surface area contributed by atoms with Crippen LogP contribution in [0.4, 0.5) is 4.39 Å². The summed E-state index contributed by atoms with van der Waals surface area (Å²) < 4.78 is 19.1. The number of rotatable bonds is 3. The zero-order valence-corrected chi connectivity index (χ0v) is 11.4. The Bertz CT molecular complexity index is 703. The number of hydrogen-bond acceptors (Lipinski definition) is 2. The van der Waals surface area contributed by atoms with Crippen LogP contribution in [0.5, 0.6) is 5.88 Å². The standard InChI is InChI=1S/C17H16FNO/c1-20-17-14(10-12-6-3-2-4-7-12)11-13-8-5-9-15(18)16(13)19-17/h2-3,5-6,8-9,11H,4,7,10H2,1H3. The minimum atomic E-state index is -0.313. The van der Waals surface area contributed by atoms with Gasteiger partial charge in [-0.15, -0.1) is 0 Å². The molecule has 0 aliphatic heterocycles. The van der Waals surface area contributed by atoms with E-state index in [1.165, 1.54) is 11.6 Å². The van der Waals surface area contributed by atoms with Gasteiger partial charge < -0.3 is 4.74 Å². The summed E-state index contributed by atoms with van der Waals surface area (Å²) >= 11 is 0. The first-order valence-corrected chi connectivity index (χ1v) is 6.74. The van der Waals surface area contributed by atoms with E-state index in [9.17, 15) is 4.39 Å². The van der Waals surface area contributed by atoms with E-state index in [4.69, 9.17) is 4.74 Å². The Kier molecular flexibility index (Phi) is 3.50. The number of fused-ring (bicyclic) bond motifs is 1. The van der Waals surface area contributed by atoms with Crippen LogP contribution >= 0.6 is 0 Å². The third kappa shape index (κ3) is 2.44. The van der Waals surface area contributed by atoms with Crippen molar-refractivity contribution in [1.29, 1.82) is 0 Å². The molecule has 0 unspecified atom stereocenters. The lowest BCUT2D eigenvalue weighted by molar-refractivity contribution is 0.394. The number of para-hydroxylation sites is 1. The molecule has 0 saturated heterocycles. The van der Waals surface area contributed by atoms with Gasteiger partial charge >= 0.3 is 0 Å². The van der Waals surface area contributed by atoms with Crippen molar-refractivity contribution in [3.63, 3.8) is 0 Å². The zero-order valence-electron chi connectivity index (χ0n) is 11.4. The average molecular weight is 269 g/mol. The van der Waals surface area contributed by atoms with Gasteiger partial charge in [0.15, 0.2) is 0 Å². The smallest absolute Gasteiger partial charge is 0.217 e. The van der Waals surface area contributed by atoms with Gasteiger partial charge in [0.05, 0.1) is 7.11 Å². The highest BCUT2D eigenvalue weighted by Crippen LogP contribution is 2.27. The normalized spacial score (nSPS) is 14.4. The number of ether oxygens (including phenoxy) is 1. The molecule has 1 aliphatic carbocycles. The lowest BCUT2D eigenvalue weighted by atomic mass is 9.97. The molecule has 0 amide bonds. The van der Waals surface area contributed by atoms with Gasteiger partial charge in [-0.05, 0) is 31.4 Å². The fraction of sp³-hybridized carbons (Fsp3) is 0.235. The molecule has 0 bridgehead atoms. The van der Waals surface area contributed by atoms with E-state index < -0.39 is 0 Å². The van der Waals surface area contributed by atoms with E-state index in [2.05, 4.69) is 23.2 Å². The molecule has 102 valence electrons. The number of benzene rings is 1. The first-order chi connectivity index (χ1) is 9.78. The van der Waals surface area contributed by atoms with Crippen molar-refractivity contribution in [1.82, 2.24) is 4.98 Å². The van der Waals surface area contributed by atoms with Gasteiger partial charge in [0.1, 0.15) is 11.3 Å². The van der Waals surface area contributed by atoms with Gasteiger partial charge in [-0.3, -0.25) is 0 Å². The molecule has 2 aromatic rings. The molecule has 0 fully saturated rings. The summed E-state index contributed by atoms with van der Waals surface area (Å²) in [6.45, 7) is 0. The molecule has 3 heteroatoms. The second-order valence-corrected chi connectivity index (χ2v) is 4.94. The summed E-state index contributed by atoms with van der Waals surface area (Å²) in [4.78, 5) is 4.32. The quantitative estimate of drug-likeness (QED) is 0.833. The van der Waals surface area contributed by atoms with Crippen molar-refractivity contribution in [2.45, 2.75) is 19.3 Å². The van der Waals surface area contributed by atoms with E-state index in [0.29, 0.717) is 11.4 Å². The number of nitrogens with zero attached hydrogens (tertiary/aromatic N) is 1. The van der Waals surface area contributed by atoms with Gasteiger partial charge in [-0.1, -0.05) is 35.9 Å². The van der Waals surface area contributed by atoms with Crippen LogP contribution in [-0.4, -0.2) is 12.1 Å². The first-order valence-electron chi connectivity index (χ1n) is 6.74. The van der Waals surface area contributed by atoms with Gasteiger partial charge in [0, 0.05) is 10.9 Å².